The molecule has 3 N–H and O–H groups in total. The van der Waals surface area contributed by atoms with Crippen LogP contribution in [0.5, 0.6) is 0 Å². The van der Waals surface area contributed by atoms with Crippen molar-refractivity contribution in [1.82, 2.24) is 10.6 Å². The van der Waals surface area contributed by atoms with E-state index in [0.717, 1.165) is 11.1 Å². The Morgan fingerprint density at radius 1 is 1.11 bits per heavy atom. The molecule has 0 heterocycles. The van der Waals surface area contributed by atoms with E-state index >= 15 is 0 Å². The van der Waals surface area contributed by atoms with Crippen LogP contribution in [0.3, 0.4) is 0 Å². The quantitative estimate of drug-likeness (QED) is 0.726. The summed E-state index contributed by atoms with van der Waals surface area (Å²) in [6.07, 6.45) is -0.172. The van der Waals surface area contributed by atoms with Gasteiger partial charge in [-0.1, -0.05) is 24.3 Å². The summed E-state index contributed by atoms with van der Waals surface area (Å²) in [5.41, 5.74) is 2.16. The lowest BCUT2D eigenvalue weighted by Gasteiger charge is -2.10. The van der Waals surface area contributed by atoms with E-state index in [0.29, 0.717) is 25.9 Å². The van der Waals surface area contributed by atoms with Crippen LogP contribution < -0.4 is 10.6 Å². The molecule has 0 radical (unpaired) electrons. The summed E-state index contributed by atoms with van der Waals surface area (Å²) in [4.78, 5) is 21.3. The second-order valence-electron chi connectivity index (χ2n) is 3.92. The van der Waals surface area contributed by atoms with Gasteiger partial charge in [-0.3, -0.25) is 0 Å². The molecule has 0 atom stereocenters. The van der Waals surface area contributed by atoms with Gasteiger partial charge in [-0.05, 0) is 24.0 Å². The third-order valence-electron chi connectivity index (χ3n) is 2.64. The van der Waals surface area contributed by atoms with Crippen LogP contribution in [0.15, 0.2) is 24.3 Å². The smallest absolute Gasteiger partial charge is 0.406 e. The van der Waals surface area contributed by atoms with Crippen molar-refractivity contribution in [2.75, 3.05) is 20.2 Å². The van der Waals surface area contributed by atoms with Gasteiger partial charge < -0.3 is 20.5 Å². The SMILES string of the molecule is COC(=O)NCCc1ccccc1CCNC(=O)O. The summed E-state index contributed by atoms with van der Waals surface area (Å²) in [6, 6.07) is 7.75. The van der Waals surface area contributed by atoms with Gasteiger partial charge in [-0.2, -0.15) is 0 Å². The molecule has 0 unspecified atom stereocenters. The van der Waals surface area contributed by atoms with Crippen LogP contribution in [0.1, 0.15) is 11.1 Å². The van der Waals surface area contributed by atoms with E-state index in [9.17, 15) is 9.59 Å². The highest BCUT2D eigenvalue weighted by atomic mass is 16.5. The van der Waals surface area contributed by atoms with Crippen LogP contribution in [-0.2, 0) is 17.6 Å². The Labute approximate surface area is 111 Å². The second-order valence-corrected chi connectivity index (χ2v) is 3.92. The van der Waals surface area contributed by atoms with E-state index in [2.05, 4.69) is 15.4 Å². The zero-order chi connectivity index (χ0) is 14.1. The van der Waals surface area contributed by atoms with Crippen molar-refractivity contribution in [2.45, 2.75) is 12.8 Å². The van der Waals surface area contributed by atoms with E-state index in [4.69, 9.17) is 5.11 Å². The molecule has 0 saturated carbocycles. The largest absolute Gasteiger partial charge is 0.465 e. The molecule has 104 valence electrons. The molecule has 2 amide bonds. The molecule has 0 spiro atoms. The summed E-state index contributed by atoms with van der Waals surface area (Å²) in [5, 5.41) is 13.5. The fraction of sp³-hybridized carbons (Fsp3) is 0.385. The summed E-state index contributed by atoms with van der Waals surface area (Å²) in [7, 11) is 1.32. The number of amides is 2. The van der Waals surface area contributed by atoms with Gasteiger partial charge in [0.05, 0.1) is 7.11 Å². The van der Waals surface area contributed by atoms with Crippen LogP contribution in [0.2, 0.25) is 0 Å². The Kier molecular flexibility index (Phi) is 6.21. The van der Waals surface area contributed by atoms with Crippen LogP contribution >= 0.6 is 0 Å². The third kappa shape index (κ3) is 5.76. The molecule has 6 nitrogen and oxygen atoms in total. The average Bonchev–Trinajstić information content (AvgIpc) is 2.40. The zero-order valence-electron chi connectivity index (χ0n) is 10.8. The van der Waals surface area contributed by atoms with Gasteiger partial charge in [-0.25, -0.2) is 9.59 Å². The van der Waals surface area contributed by atoms with Crippen LogP contribution in [-0.4, -0.2) is 37.5 Å². The number of carbonyl (C=O) groups is 2. The predicted octanol–water partition coefficient (Wildman–Crippen LogP) is 1.40. The van der Waals surface area contributed by atoms with Crippen molar-refractivity contribution >= 4 is 12.2 Å². The predicted molar refractivity (Wildman–Crippen MR) is 70.3 cm³/mol. The number of rotatable bonds is 6. The minimum absolute atomic E-state index is 0.372. The summed E-state index contributed by atoms with van der Waals surface area (Å²) in [5.74, 6) is 0. The lowest BCUT2D eigenvalue weighted by molar-refractivity contribution is 0.171. The molecule has 6 heteroatoms. The van der Waals surface area contributed by atoms with Gasteiger partial charge in [0.25, 0.3) is 0 Å². The first-order chi connectivity index (χ1) is 9.13. The average molecular weight is 266 g/mol. The number of carbonyl (C=O) groups excluding carboxylic acids is 1. The first-order valence-electron chi connectivity index (χ1n) is 5.99. The monoisotopic (exact) mass is 266 g/mol. The van der Waals surface area contributed by atoms with Crippen molar-refractivity contribution in [1.29, 1.82) is 0 Å². The van der Waals surface area contributed by atoms with Crippen LogP contribution in [0, 0.1) is 0 Å². The van der Waals surface area contributed by atoms with E-state index in [-0.39, 0.29) is 0 Å². The maximum absolute atomic E-state index is 10.9. The highest BCUT2D eigenvalue weighted by Gasteiger charge is 2.04. The van der Waals surface area contributed by atoms with Crippen LogP contribution in [0.25, 0.3) is 0 Å². The van der Waals surface area contributed by atoms with Crippen molar-refractivity contribution in [3.8, 4) is 0 Å². The molecular weight excluding hydrogens is 248 g/mol. The Hall–Kier alpha value is -2.24. The number of alkyl carbamates (subject to hydrolysis) is 1. The number of benzene rings is 1. The summed E-state index contributed by atoms with van der Waals surface area (Å²) < 4.78 is 4.48. The van der Waals surface area contributed by atoms with E-state index in [1.807, 2.05) is 24.3 Å². The standard InChI is InChI=1S/C13H18N2O4/c1-19-13(18)15-9-7-11-5-3-2-4-10(11)6-8-14-12(16)17/h2-5,14H,6-9H2,1H3,(H,15,18)(H,16,17). The second kappa shape index (κ2) is 7.97. The van der Waals surface area contributed by atoms with Crippen LogP contribution in [0.4, 0.5) is 9.59 Å². The lowest BCUT2D eigenvalue weighted by atomic mass is 10.0. The topological polar surface area (TPSA) is 87.7 Å². The molecule has 0 aliphatic carbocycles. The normalized spacial score (nSPS) is 9.74. The number of carboxylic acid groups (broad SMARTS) is 1. The van der Waals surface area contributed by atoms with Gasteiger partial charge >= 0.3 is 12.2 Å². The van der Waals surface area contributed by atoms with Crippen molar-refractivity contribution in [3.63, 3.8) is 0 Å². The van der Waals surface area contributed by atoms with Crippen molar-refractivity contribution in [3.05, 3.63) is 35.4 Å². The number of hydrogen-bond donors (Lipinski definition) is 3. The van der Waals surface area contributed by atoms with Crippen molar-refractivity contribution < 1.29 is 19.4 Å². The van der Waals surface area contributed by atoms with E-state index < -0.39 is 12.2 Å². The molecule has 0 fully saturated rings. The van der Waals surface area contributed by atoms with Gasteiger partial charge in [-0.15, -0.1) is 0 Å². The number of hydrogen-bond acceptors (Lipinski definition) is 3. The molecule has 1 aromatic rings. The zero-order valence-corrected chi connectivity index (χ0v) is 10.8. The minimum Gasteiger partial charge on any atom is -0.465 e. The molecule has 0 aliphatic rings. The highest BCUT2D eigenvalue weighted by Crippen LogP contribution is 2.09. The highest BCUT2D eigenvalue weighted by molar-refractivity contribution is 5.66. The van der Waals surface area contributed by atoms with E-state index in [1.54, 1.807) is 0 Å². The molecule has 0 aromatic heterocycles. The maximum Gasteiger partial charge on any atom is 0.406 e. The Morgan fingerprint density at radius 3 is 2.11 bits per heavy atom. The van der Waals surface area contributed by atoms with Gasteiger partial charge in [0.15, 0.2) is 0 Å². The van der Waals surface area contributed by atoms with Crippen molar-refractivity contribution in [2.24, 2.45) is 0 Å². The molecule has 1 rings (SSSR count). The Morgan fingerprint density at radius 2 is 1.63 bits per heavy atom. The number of nitrogens with one attached hydrogen (secondary N) is 2. The fourth-order valence-electron chi connectivity index (χ4n) is 1.72. The molecular formula is C13H18N2O4. The number of ether oxygens (including phenoxy) is 1. The van der Waals surface area contributed by atoms with Gasteiger partial charge in [0.2, 0.25) is 0 Å². The molecule has 0 bridgehead atoms. The first-order valence-corrected chi connectivity index (χ1v) is 5.99. The molecule has 1 aromatic carbocycles. The third-order valence-corrected chi connectivity index (χ3v) is 2.64. The first kappa shape index (κ1) is 14.8. The molecule has 19 heavy (non-hydrogen) atoms. The minimum atomic E-state index is -1.02. The number of methoxy groups -OCH3 is 1. The summed E-state index contributed by atoms with van der Waals surface area (Å²) >= 11 is 0. The summed E-state index contributed by atoms with van der Waals surface area (Å²) in [6.45, 7) is 0.854. The molecule has 0 saturated heterocycles. The molecule has 0 aliphatic heterocycles. The van der Waals surface area contributed by atoms with Gasteiger partial charge in [0.1, 0.15) is 0 Å². The Balaban J connectivity index is 2.48. The lowest BCUT2D eigenvalue weighted by Crippen LogP contribution is -2.26. The fourth-order valence-corrected chi connectivity index (χ4v) is 1.72. The Bertz CT molecular complexity index is 434. The maximum atomic E-state index is 10.9. The van der Waals surface area contributed by atoms with E-state index in [1.165, 1.54) is 7.11 Å². The van der Waals surface area contributed by atoms with Gasteiger partial charge in [0, 0.05) is 13.1 Å².